The van der Waals surface area contributed by atoms with E-state index in [9.17, 15) is 9.59 Å². The number of aliphatic carboxylic acids is 2. The number of hydrogen-bond acceptors (Lipinski definition) is 8. The number of carboxylic acids is 2. The van der Waals surface area contributed by atoms with Gasteiger partial charge in [0, 0.05) is 36.3 Å². The number of imidazole rings is 1. The van der Waals surface area contributed by atoms with Crippen molar-refractivity contribution in [3.05, 3.63) is 72.4 Å². The van der Waals surface area contributed by atoms with E-state index in [1.807, 2.05) is 16.5 Å². The van der Waals surface area contributed by atoms with E-state index < -0.39 is 11.9 Å². The van der Waals surface area contributed by atoms with Gasteiger partial charge in [0.1, 0.15) is 28.7 Å². The molecular weight excluding hydrogens is 530 g/mol. The van der Waals surface area contributed by atoms with E-state index in [-0.39, 0.29) is 17.9 Å². The fraction of sp³-hybridized carbons (Fsp3) is 0.179. The first-order valence-corrected chi connectivity index (χ1v) is 12.4. The van der Waals surface area contributed by atoms with Crippen molar-refractivity contribution in [2.45, 2.75) is 25.8 Å². The maximum atomic E-state index is 12.6. The molecule has 1 fully saturated rings. The number of likely N-dealkylation sites (tertiary alicyclic amines) is 1. The highest BCUT2D eigenvalue weighted by molar-refractivity contribution is 6.27. The second-order valence-electron chi connectivity index (χ2n) is 8.74. The second kappa shape index (κ2) is 12.4. The number of benzene rings is 1. The third-order valence-electron chi connectivity index (χ3n) is 6.16. The summed E-state index contributed by atoms with van der Waals surface area (Å²) in [6.45, 7) is 2.28. The van der Waals surface area contributed by atoms with Gasteiger partial charge in [-0.05, 0) is 50.0 Å². The van der Waals surface area contributed by atoms with Crippen LogP contribution in [0.25, 0.3) is 16.8 Å². The van der Waals surface area contributed by atoms with Crippen LogP contribution in [-0.4, -0.2) is 64.8 Å². The van der Waals surface area contributed by atoms with Gasteiger partial charge in [0.15, 0.2) is 0 Å². The number of amides is 2. The van der Waals surface area contributed by atoms with Crippen LogP contribution in [0.4, 0.5) is 11.6 Å². The minimum absolute atomic E-state index is 0.210. The Balaban J connectivity index is 0.000000585. The summed E-state index contributed by atoms with van der Waals surface area (Å²) in [7, 11) is 0. The third kappa shape index (κ3) is 6.28. The molecule has 0 bridgehead atoms. The first-order chi connectivity index (χ1) is 19.7. The number of hydrogen-bond donors (Lipinski definition) is 4. The second-order valence-corrected chi connectivity index (χ2v) is 8.74. The fourth-order valence-electron chi connectivity index (χ4n) is 4.39. The zero-order valence-corrected chi connectivity index (χ0v) is 21.8. The predicted molar refractivity (Wildman–Crippen MR) is 147 cm³/mol. The lowest BCUT2D eigenvalue weighted by molar-refractivity contribution is -0.159. The number of aromatic nitrogens is 4. The monoisotopic (exact) mass is 555 g/mol. The summed E-state index contributed by atoms with van der Waals surface area (Å²) >= 11 is 0. The maximum absolute atomic E-state index is 12.6. The molecular formula is C28H25N7O6. The predicted octanol–water partition coefficient (Wildman–Crippen LogP) is 2.47. The molecule has 1 aromatic carbocycles. The van der Waals surface area contributed by atoms with Gasteiger partial charge in [-0.25, -0.2) is 24.5 Å². The van der Waals surface area contributed by atoms with Crippen molar-refractivity contribution < 1.29 is 29.4 Å². The van der Waals surface area contributed by atoms with E-state index in [2.05, 4.69) is 27.1 Å². The number of nitrogens with two attached hydrogens (primary N) is 1. The molecule has 1 atom stereocenters. The van der Waals surface area contributed by atoms with E-state index in [1.54, 1.807) is 60.7 Å². The molecule has 0 radical (unpaired) electrons. The van der Waals surface area contributed by atoms with Crippen molar-refractivity contribution in [3.63, 3.8) is 0 Å². The Morgan fingerprint density at radius 1 is 1.02 bits per heavy atom. The van der Waals surface area contributed by atoms with E-state index in [1.165, 1.54) is 0 Å². The SMILES string of the molecule is CC#CC(=O)N1CCC[C@H]1c1nc(-c2ccc(C(=O)Nc3ccccn3)cc2)c2c(N)nccn12.O=C(O)C(=O)O. The number of pyridine rings is 1. The molecule has 1 aliphatic heterocycles. The molecule has 0 saturated carbocycles. The number of anilines is 2. The van der Waals surface area contributed by atoms with E-state index >= 15 is 0 Å². The number of nitrogen functional groups attached to an aromatic ring is 1. The van der Waals surface area contributed by atoms with Gasteiger partial charge in [0.05, 0.1) is 6.04 Å². The molecule has 0 spiro atoms. The van der Waals surface area contributed by atoms with Gasteiger partial charge in [-0.1, -0.05) is 24.1 Å². The quantitative estimate of drug-likeness (QED) is 0.215. The first-order valence-electron chi connectivity index (χ1n) is 12.4. The molecule has 1 aliphatic rings. The van der Waals surface area contributed by atoms with Crippen molar-refractivity contribution in [1.29, 1.82) is 0 Å². The lowest BCUT2D eigenvalue weighted by Crippen LogP contribution is -2.30. The average molecular weight is 556 g/mol. The summed E-state index contributed by atoms with van der Waals surface area (Å²) in [6.07, 6.45) is 6.69. The topological polar surface area (TPSA) is 193 Å². The van der Waals surface area contributed by atoms with Crippen LogP contribution in [-0.2, 0) is 14.4 Å². The zero-order valence-electron chi connectivity index (χ0n) is 21.8. The van der Waals surface area contributed by atoms with Crippen LogP contribution in [0.5, 0.6) is 0 Å². The van der Waals surface area contributed by atoms with Crippen LogP contribution >= 0.6 is 0 Å². The number of fused-ring (bicyclic) bond motifs is 1. The molecule has 5 rings (SSSR count). The largest absolute Gasteiger partial charge is 0.473 e. The van der Waals surface area contributed by atoms with E-state index in [4.69, 9.17) is 30.5 Å². The molecule has 0 aliphatic carbocycles. The van der Waals surface area contributed by atoms with Crippen LogP contribution in [0.3, 0.4) is 0 Å². The minimum Gasteiger partial charge on any atom is -0.473 e. The number of nitrogens with zero attached hydrogens (tertiary/aromatic N) is 5. The van der Waals surface area contributed by atoms with Crippen LogP contribution < -0.4 is 11.1 Å². The summed E-state index contributed by atoms with van der Waals surface area (Å²) in [4.78, 5) is 58.4. The molecule has 0 unspecified atom stereocenters. The summed E-state index contributed by atoms with van der Waals surface area (Å²) in [5.74, 6) is 2.74. The molecule has 41 heavy (non-hydrogen) atoms. The molecule has 3 aromatic heterocycles. The third-order valence-corrected chi connectivity index (χ3v) is 6.16. The maximum Gasteiger partial charge on any atom is 0.414 e. The first kappa shape index (κ1) is 28.2. The van der Waals surface area contributed by atoms with E-state index in [0.717, 1.165) is 18.4 Å². The Bertz CT molecular complexity index is 1660. The number of carboxylic acid groups (broad SMARTS) is 2. The van der Waals surface area contributed by atoms with Crippen LogP contribution in [0.2, 0.25) is 0 Å². The van der Waals surface area contributed by atoms with Gasteiger partial charge in [-0.15, -0.1) is 0 Å². The number of rotatable bonds is 4. The molecule has 1 saturated heterocycles. The number of carbonyl (C=O) groups excluding carboxylic acids is 2. The Hall–Kier alpha value is -5.77. The Morgan fingerprint density at radius 3 is 2.39 bits per heavy atom. The van der Waals surface area contributed by atoms with Gasteiger partial charge < -0.3 is 26.2 Å². The summed E-state index contributed by atoms with van der Waals surface area (Å²) in [5, 5.41) is 17.6. The Morgan fingerprint density at radius 2 is 1.76 bits per heavy atom. The Kier molecular flexibility index (Phi) is 8.54. The number of nitrogens with one attached hydrogen (secondary N) is 1. The van der Waals surface area contributed by atoms with Crippen molar-refractivity contribution in [3.8, 4) is 23.1 Å². The van der Waals surface area contributed by atoms with Crippen LogP contribution in [0.15, 0.2) is 61.1 Å². The molecule has 4 heterocycles. The molecule has 5 N–H and O–H groups in total. The zero-order chi connectivity index (χ0) is 29.5. The molecule has 13 heteroatoms. The normalized spacial score (nSPS) is 13.9. The number of carbonyl (C=O) groups is 4. The smallest absolute Gasteiger partial charge is 0.414 e. The highest BCUT2D eigenvalue weighted by atomic mass is 16.4. The highest BCUT2D eigenvalue weighted by Gasteiger charge is 2.33. The summed E-state index contributed by atoms with van der Waals surface area (Å²) in [6, 6.07) is 12.2. The Labute approximate surface area is 233 Å². The van der Waals surface area contributed by atoms with Gasteiger partial charge in [-0.2, -0.15) is 0 Å². The minimum atomic E-state index is -1.82. The highest BCUT2D eigenvalue weighted by Crippen LogP contribution is 2.36. The van der Waals surface area contributed by atoms with Crippen LogP contribution in [0.1, 0.15) is 42.0 Å². The van der Waals surface area contributed by atoms with E-state index in [0.29, 0.717) is 40.8 Å². The van der Waals surface area contributed by atoms with Crippen molar-refractivity contribution >= 4 is 40.9 Å². The molecule has 2 amide bonds. The molecule has 13 nitrogen and oxygen atoms in total. The average Bonchev–Trinajstić information content (AvgIpc) is 3.60. The van der Waals surface area contributed by atoms with Crippen molar-refractivity contribution in [2.75, 3.05) is 17.6 Å². The van der Waals surface area contributed by atoms with Crippen molar-refractivity contribution in [2.24, 2.45) is 0 Å². The standard InChI is InChI=1S/C26H23N7O2.C2H2O4/c1-2-6-21(34)32-15-5-7-19(32)25-31-22(23-24(27)29-14-16-33(23)25)17-9-11-18(12-10-17)26(35)30-20-8-3-4-13-28-20;3-1(4)2(5)6/h3-4,8-14,16,19H,5,7,15H2,1H3,(H2,27,29)(H,28,30,35);(H,3,4)(H,5,6)/t19-;/m0./s1. The van der Waals surface area contributed by atoms with Gasteiger partial charge in [0.2, 0.25) is 0 Å². The summed E-state index contributed by atoms with van der Waals surface area (Å²) in [5.41, 5.74) is 8.84. The van der Waals surface area contributed by atoms with Crippen molar-refractivity contribution in [1.82, 2.24) is 24.3 Å². The molecule has 4 aromatic rings. The van der Waals surface area contributed by atoms with Gasteiger partial charge >= 0.3 is 11.9 Å². The van der Waals surface area contributed by atoms with Gasteiger partial charge in [0.25, 0.3) is 11.8 Å². The van der Waals surface area contributed by atoms with Gasteiger partial charge in [-0.3, -0.25) is 14.0 Å². The lowest BCUT2D eigenvalue weighted by Gasteiger charge is -2.21. The summed E-state index contributed by atoms with van der Waals surface area (Å²) < 4.78 is 1.90. The fourth-order valence-corrected chi connectivity index (χ4v) is 4.39. The molecule has 208 valence electrons. The lowest BCUT2D eigenvalue weighted by atomic mass is 10.1. The van der Waals surface area contributed by atoms with Crippen LogP contribution in [0, 0.1) is 11.8 Å².